The Balaban J connectivity index is 2.05. The van der Waals surface area contributed by atoms with E-state index in [2.05, 4.69) is 15.2 Å². The SMILES string of the molecule is CCNC(=NCc1ccc(N(C)C)c(F)c1)N1CCN(C(C)=O)CC1. The molecule has 1 N–H and O–H groups in total. The van der Waals surface area contributed by atoms with Crippen molar-refractivity contribution in [3.8, 4) is 0 Å². The third-order valence-electron chi connectivity index (χ3n) is 4.26. The Hall–Kier alpha value is -2.31. The van der Waals surface area contributed by atoms with Crippen LogP contribution in [0.2, 0.25) is 0 Å². The van der Waals surface area contributed by atoms with Gasteiger partial charge in [-0.3, -0.25) is 4.79 Å². The monoisotopic (exact) mass is 349 g/mol. The second-order valence-electron chi connectivity index (χ2n) is 6.34. The molecule has 0 bridgehead atoms. The van der Waals surface area contributed by atoms with Crippen molar-refractivity contribution in [3.05, 3.63) is 29.6 Å². The first-order valence-electron chi connectivity index (χ1n) is 8.67. The van der Waals surface area contributed by atoms with Crippen LogP contribution in [0.4, 0.5) is 10.1 Å². The van der Waals surface area contributed by atoms with E-state index in [1.807, 2.05) is 32.0 Å². The summed E-state index contributed by atoms with van der Waals surface area (Å²) in [6, 6.07) is 5.22. The first-order valence-corrected chi connectivity index (χ1v) is 8.67. The van der Waals surface area contributed by atoms with Crippen molar-refractivity contribution in [2.75, 3.05) is 51.7 Å². The van der Waals surface area contributed by atoms with Crippen LogP contribution < -0.4 is 10.2 Å². The molecule has 138 valence electrons. The summed E-state index contributed by atoms with van der Waals surface area (Å²) in [5.74, 6) is 0.679. The van der Waals surface area contributed by atoms with Gasteiger partial charge in [0.1, 0.15) is 5.82 Å². The maximum absolute atomic E-state index is 14.1. The van der Waals surface area contributed by atoms with E-state index in [0.717, 1.165) is 31.2 Å². The number of anilines is 1. The molecule has 0 aliphatic carbocycles. The summed E-state index contributed by atoms with van der Waals surface area (Å²) in [7, 11) is 3.64. The number of guanidine groups is 1. The number of piperazine rings is 1. The Morgan fingerprint density at radius 3 is 2.40 bits per heavy atom. The highest BCUT2D eigenvalue weighted by molar-refractivity contribution is 5.80. The van der Waals surface area contributed by atoms with Crippen molar-refractivity contribution >= 4 is 17.6 Å². The van der Waals surface area contributed by atoms with Crippen LogP contribution in [0.1, 0.15) is 19.4 Å². The zero-order chi connectivity index (χ0) is 18.4. The first kappa shape index (κ1) is 19.0. The second kappa shape index (κ2) is 8.69. The molecule has 1 saturated heterocycles. The number of aliphatic imine (C=N–C) groups is 1. The smallest absolute Gasteiger partial charge is 0.219 e. The van der Waals surface area contributed by atoms with Gasteiger partial charge in [-0.15, -0.1) is 0 Å². The standard InChI is InChI=1S/C18H28FN5O/c1-5-20-18(24-10-8-23(9-11-24)14(2)25)21-13-15-6-7-17(22(3)4)16(19)12-15/h6-7,12H,5,8-11,13H2,1-4H3,(H,20,21). The van der Waals surface area contributed by atoms with Crippen molar-refractivity contribution in [1.29, 1.82) is 0 Å². The molecule has 0 spiro atoms. The lowest BCUT2D eigenvalue weighted by Crippen LogP contribution is -2.53. The predicted molar refractivity (Wildman–Crippen MR) is 99.4 cm³/mol. The fourth-order valence-corrected chi connectivity index (χ4v) is 2.84. The van der Waals surface area contributed by atoms with E-state index in [4.69, 9.17) is 0 Å². The maximum Gasteiger partial charge on any atom is 0.219 e. The van der Waals surface area contributed by atoms with Crippen LogP contribution in [0.15, 0.2) is 23.2 Å². The number of carbonyl (C=O) groups is 1. The number of benzene rings is 1. The Kier molecular flexibility index (Phi) is 6.61. The van der Waals surface area contributed by atoms with Gasteiger partial charge < -0.3 is 20.0 Å². The molecule has 2 rings (SSSR count). The number of nitrogens with one attached hydrogen (secondary N) is 1. The Morgan fingerprint density at radius 2 is 1.88 bits per heavy atom. The van der Waals surface area contributed by atoms with Gasteiger partial charge in [-0.05, 0) is 24.6 Å². The molecule has 25 heavy (non-hydrogen) atoms. The summed E-state index contributed by atoms with van der Waals surface area (Å²) in [5.41, 5.74) is 1.40. The van der Waals surface area contributed by atoms with Crippen molar-refractivity contribution in [1.82, 2.24) is 15.1 Å². The van der Waals surface area contributed by atoms with Crippen molar-refractivity contribution < 1.29 is 9.18 Å². The van der Waals surface area contributed by atoms with Crippen LogP contribution in [-0.4, -0.2) is 68.5 Å². The largest absolute Gasteiger partial charge is 0.375 e. The first-order chi connectivity index (χ1) is 11.9. The highest BCUT2D eigenvalue weighted by atomic mass is 19.1. The van der Waals surface area contributed by atoms with Crippen LogP contribution in [0.5, 0.6) is 0 Å². The molecule has 1 aromatic carbocycles. The van der Waals surface area contributed by atoms with Crippen LogP contribution in [0, 0.1) is 5.82 Å². The number of hydrogen-bond acceptors (Lipinski definition) is 3. The van der Waals surface area contributed by atoms with E-state index in [-0.39, 0.29) is 11.7 Å². The molecule has 1 amide bonds. The summed E-state index contributed by atoms with van der Waals surface area (Å²) >= 11 is 0. The molecule has 1 aliphatic rings. The number of halogens is 1. The molecule has 6 nitrogen and oxygen atoms in total. The van der Waals surface area contributed by atoms with Crippen LogP contribution in [0.25, 0.3) is 0 Å². The highest BCUT2D eigenvalue weighted by Crippen LogP contribution is 2.18. The molecule has 1 heterocycles. The topological polar surface area (TPSA) is 51.2 Å². The van der Waals surface area contributed by atoms with E-state index in [0.29, 0.717) is 25.3 Å². The molecular formula is C18H28FN5O. The fraction of sp³-hybridized carbons (Fsp3) is 0.556. The maximum atomic E-state index is 14.1. The molecule has 0 aromatic heterocycles. The summed E-state index contributed by atoms with van der Waals surface area (Å²) < 4.78 is 14.1. The van der Waals surface area contributed by atoms with Gasteiger partial charge in [-0.25, -0.2) is 9.38 Å². The van der Waals surface area contributed by atoms with Gasteiger partial charge in [0.25, 0.3) is 0 Å². The van der Waals surface area contributed by atoms with Crippen molar-refractivity contribution in [3.63, 3.8) is 0 Å². The van der Waals surface area contributed by atoms with E-state index < -0.39 is 0 Å². The Morgan fingerprint density at radius 1 is 1.24 bits per heavy atom. The van der Waals surface area contributed by atoms with Gasteiger partial charge >= 0.3 is 0 Å². The summed E-state index contributed by atoms with van der Waals surface area (Å²) in [4.78, 5) is 21.8. The zero-order valence-corrected chi connectivity index (χ0v) is 15.5. The number of amides is 1. The minimum Gasteiger partial charge on any atom is -0.375 e. The lowest BCUT2D eigenvalue weighted by Gasteiger charge is -2.36. The lowest BCUT2D eigenvalue weighted by molar-refractivity contribution is -0.130. The van der Waals surface area contributed by atoms with Gasteiger partial charge in [0.2, 0.25) is 5.91 Å². The van der Waals surface area contributed by atoms with E-state index in [1.54, 1.807) is 17.9 Å². The molecular weight excluding hydrogens is 321 g/mol. The average molecular weight is 349 g/mol. The molecule has 0 atom stereocenters. The van der Waals surface area contributed by atoms with Crippen LogP contribution >= 0.6 is 0 Å². The number of nitrogens with zero attached hydrogens (tertiary/aromatic N) is 4. The molecule has 1 aromatic rings. The van der Waals surface area contributed by atoms with Crippen LogP contribution in [0.3, 0.4) is 0 Å². The average Bonchev–Trinajstić information content (AvgIpc) is 2.58. The molecule has 1 aliphatic heterocycles. The van der Waals surface area contributed by atoms with E-state index in [1.165, 1.54) is 6.07 Å². The normalized spacial score (nSPS) is 15.3. The van der Waals surface area contributed by atoms with E-state index >= 15 is 0 Å². The molecule has 1 fully saturated rings. The number of carbonyl (C=O) groups excluding carboxylic acids is 1. The second-order valence-corrected chi connectivity index (χ2v) is 6.34. The minimum absolute atomic E-state index is 0.109. The lowest BCUT2D eigenvalue weighted by atomic mass is 10.2. The Bertz CT molecular complexity index is 624. The van der Waals surface area contributed by atoms with Gasteiger partial charge in [0.15, 0.2) is 5.96 Å². The Labute approximate surface area is 149 Å². The van der Waals surface area contributed by atoms with Crippen molar-refractivity contribution in [2.24, 2.45) is 4.99 Å². The number of rotatable bonds is 4. The van der Waals surface area contributed by atoms with Crippen LogP contribution in [-0.2, 0) is 11.3 Å². The third kappa shape index (κ3) is 5.08. The summed E-state index contributed by atoms with van der Waals surface area (Å²) in [6.45, 7) is 7.70. The van der Waals surface area contributed by atoms with Gasteiger partial charge in [-0.2, -0.15) is 0 Å². The molecule has 0 saturated carbocycles. The predicted octanol–water partition coefficient (Wildman–Crippen LogP) is 1.52. The molecule has 0 unspecified atom stereocenters. The van der Waals surface area contributed by atoms with Gasteiger partial charge in [-0.1, -0.05) is 6.07 Å². The third-order valence-corrected chi connectivity index (χ3v) is 4.26. The van der Waals surface area contributed by atoms with Gasteiger partial charge in [0, 0.05) is 53.7 Å². The number of hydrogen-bond donors (Lipinski definition) is 1. The van der Waals surface area contributed by atoms with Crippen molar-refractivity contribution in [2.45, 2.75) is 20.4 Å². The molecule has 0 radical (unpaired) electrons. The quantitative estimate of drug-likeness (QED) is 0.661. The summed E-state index contributed by atoms with van der Waals surface area (Å²) in [5, 5.41) is 3.28. The minimum atomic E-state index is -0.238. The molecule has 7 heteroatoms. The van der Waals surface area contributed by atoms with E-state index in [9.17, 15) is 9.18 Å². The highest BCUT2D eigenvalue weighted by Gasteiger charge is 2.20. The fourth-order valence-electron chi connectivity index (χ4n) is 2.84. The van der Waals surface area contributed by atoms with Gasteiger partial charge in [0.05, 0.1) is 12.2 Å². The zero-order valence-electron chi connectivity index (χ0n) is 15.5. The summed E-state index contributed by atoms with van der Waals surface area (Å²) in [6.07, 6.45) is 0.